The lowest BCUT2D eigenvalue weighted by atomic mass is 10.0. The van der Waals surface area contributed by atoms with E-state index in [4.69, 9.17) is 0 Å². The summed E-state index contributed by atoms with van der Waals surface area (Å²) in [5.41, 5.74) is 3.06. The second kappa shape index (κ2) is 9.38. The molecule has 0 fully saturated rings. The second-order valence-corrected chi connectivity index (χ2v) is 5.38. The number of benzene rings is 1. The minimum Gasteiger partial charge on any atom is -0.352 e. The highest BCUT2D eigenvalue weighted by Crippen LogP contribution is 2.08. The first-order valence-corrected chi connectivity index (χ1v) is 7.40. The molecule has 0 aliphatic carbocycles. The summed E-state index contributed by atoms with van der Waals surface area (Å²) in [5.74, 6) is -0.0406. The van der Waals surface area contributed by atoms with Crippen LogP contribution < -0.4 is 10.6 Å². The van der Waals surface area contributed by atoms with Crippen molar-refractivity contribution in [3.63, 3.8) is 0 Å². The Labute approximate surface area is 137 Å². The summed E-state index contributed by atoms with van der Waals surface area (Å²) in [5, 5.41) is 6.11. The number of halogens is 1. The smallest absolute Gasteiger partial charge is 0.220 e. The average Bonchev–Trinajstić information content (AvgIpc) is 2.52. The molecule has 1 aromatic carbocycles. The molecule has 1 heterocycles. The Bertz CT molecular complexity index is 538. The number of Topliss-reactive ketones (excluding diaryl/α,β-unsaturated/α-hetero) is 1. The van der Waals surface area contributed by atoms with Gasteiger partial charge in [-0.3, -0.25) is 9.59 Å². The number of carbonyl (C=O) groups excluding carboxylic acids is 2. The van der Waals surface area contributed by atoms with E-state index >= 15 is 0 Å². The first-order valence-electron chi connectivity index (χ1n) is 7.40. The summed E-state index contributed by atoms with van der Waals surface area (Å²) in [6.45, 7) is 4.42. The van der Waals surface area contributed by atoms with Gasteiger partial charge in [0.2, 0.25) is 5.91 Å². The van der Waals surface area contributed by atoms with E-state index in [0.29, 0.717) is 12.1 Å². The highest BCUT2D eigenvalue weighted by molar-refractivity contribution is 5.97. The summed E-state index contributed by atoms with van der Waals surface area (Å²) >= 11 is 0. The van der Waals surface area contributed by atoms with E-state index in [2.05, 4.69) is 16.7 Å². The van der Waals surface area contributed by atoms with Crippen molar-refractivity contribution in [2.75, 3.05) is 19.6 Å². The zero-order valence-corrected chi connectivity index (χ0v) is 13.7. The topological polar surface area (TPSA) is 58.2 Å². The van der Waals surface area contributed by atoms with Gasteiger partial charge in [0.1, 0.15) is 0 Å². The summed E-state index contributed by atoms with van der Waals surface area (Å²) in [4.78, 5) is 23.7. The van der Waals surface area contributed by atoms with Gasteiger partial charge in [-0.05, 0) is 19.9 Å². The van der Waals surface area contributed by atoms with Gasteiger partial charge in [0, 0.05) is 31.5 Å². The van der Waals surface area contributed by atoms with Crippen LogP contribution in [0.5, 0.6) is 0 Å². The van der Waals surface area contributed by atoms with Crippen molar-refractivity contribution in [2.24, 2.45) is 0 Å². The molecule has 2 rings (SSSR count). The number of hydrogen-bond donors (Lipinski definition) is 2. The minimum absolute atomic E-state index is 0. The van der Waals surface area contributed by atoms with Crippen molar-refractivity contribution in [2.45, 2.75) is 26.2 Å². The van der Waals surface area contributed by atoms with Crippen LogP contribution in [0.3, 0.4) is 0 Å². The quantitative estimate of drug-likeness (QED) is 0.624. The lowest BCUT2D eigenvalue weighted by Gasteiger charge is -2.14. The number of hydrogen-bond acceptors (Lipinski definition) is 3. The van der Waals surface area contributed by atoms with Crippen molar-refractivity contribution in [3.8, 4) is 0 Å². The number of ketones is 1. The van der Waals surface area contributed by atoms with E-state index in [0.717, 1.165) is 25.1 Å². The summed E-state index contributed by atoms with van der Waals surface area (Å²) in [6.07, 6.45) is 3.59. The number of aryl methyl sites for hydroxylation is 1. The molecule has 2 N–H and O–H groups in total. The van der Waals surface area contributed by atoms with E-state index in [9.17, 15) is 9.59 Å². The number of carbonyl (C=O) groups is 2. The van der Waals surface area contributed by atoms with E-state index in [1.54, 1.807) is 0 Å². The van der Waals surface area contributed by atoms with Crippen molar-refractivity contribution < 1.29 is 9.59 Å². The second-order valence-electron chi connectivity index (χ2n) is 5.38. The summed E-state index contributed by atoms with van der Waals surface area (Å²) in [6, 6.07) is 7.46. The van der Waals surface area contributed by atoms with E-state index in [-0.39, 0.29) is 36.9 Å². The Kier molecular flexibility index (Phi) is 7.85. The molecule has 0 saturated carbocycles. The van der Waals surface area contributed by atoms with E-state index in [1.165, 1.54) is 5.57 Å². The molecule has 120 valence electrons. The van der Waals surface area contributed by atoms with Crippen LogP contribution >= 0.6 is 12.4 Å². The molecule has 1 aliphatic heterocycles. The lowest BCUT2D eigenvalue weighted by molar-refractivity contribution is -0.120. The fourth-order valence-corrected chi connectivity index (χ4v) is 2.24. The molecule has 1 aromatic rings. The maximum Gasteiger partial charge on any atom is 0.220 e. The van der Waals surface area contributed by atoms with Crippen molar-refractivity contribution in [3.05, 3.63) is 47.0 Å². The Balaban J connectivity index is 0.00000242. The van der Waals surface area contributed by atoms with Gasteiger partial charge < -0.3 is 10.6 Å². The normalized spacial score (nSPS) is 13.8. The van der Waals surface area contributed by atoms with E-state index < -0.39 is 0 Å². The van der Waals surface area contributed by atoms with Crippen LogP contribution in [0.4, 0.5) is 0 Å². The zero-order chi connectivity index (χ0) is 15.1. The highest BCUT2D eigenvalue weighted by atomic mass is 35.5. The molecule has 4 nitrogen and oxygen atoms in total. The Morgan fingerprint density at radius 3 is 2.55 bits per heavy atom. The fourth-order valence-electron chi connectivity index (χ4n) is 2.24. The maximum absolute atomic E-state index is 12.0. The molecule has 0 unspecified atom stereocenters. The molecule has 1 amide bonds. The third kappa shape index (κ3) is 6.00. The molecule has 0 radical (unpaired) electrons. The van der Waals surface area contributed by atoms with Crippen molar-refractivity contribution in [1.82, 2.24) is 10.6 Å². The number of rotatable bonds is 6. The summed E-state index contributed by atoms with van der Waals surface area (Å²) in [7, 11) is 0. The maximum atomic E-state index is 12.0. The van der Waals surface area contributed by atoms with Crippen molar-refractivity contribution in [1.29, 1.82) is 0 Å². The molecule has 0 spiro atoms. The van der Waals surface area contributed by atoms with Crippen LogP contribution in [0.25, 0.3) is 0 Å². The molecule has 0 atom stereocenters. The van der Waals surface area contributed by atoms with Gasteiger partial charge in [-0.25, -0.2) is 0 Å². The van der Waals surface area contributed by atoms with Crippen LogP contribution in [0.2, 0.25) is 0 Å². The van der Waals surface area contributed by atoms with Crippen molar-refractivity contribution >= 4 is 24.1 Å². The van der Waals surface area contributed by atoms with Gasteiger partial charge in [-0.1, -0.05) is 41.5 Å². The van der Waals surface area contributed by atoms with Crippen LogP contribution in [0, 0.1) is 6.92 Å². The minimum atomic E-state index is -0.0603. The van der Waals surface area contributed by atoms with Gasteiger partial charge >= 0.3 is 0 Å². The lowest BCUT2D eigenvalue weighted by Crippen LogP contribution is -2.29. The Morgan fingerprint density at radius 1 is 1.18 bits per heavy atom. The predicted molar refractivity (Wildman–Crippen MR) is 90.6 cm³/mol. The predicted octanol–water partition coefficient (Wildman–Crippen LogP) is 2.42. The molecule has 5 heteroatoms. The van der Waals surface area contributed by atoms with Crippen LogP contribution in [-0.2, 0) is 4.79 Å². The Morgan fingerprint density at radius 2 is 1.91 bits per heavy atom. The highest BCUT2D eigenvalue weighted by Gasteiger charge is 2.10. The van der Waals surface area contributed by atoms with Gasteiger partial charge in [0.15, 0.2) is 5.78 Å². The molecule has 0 aromatic heterocycles. The Hall–Kier alpha value is -1.65. The van der Waals surface area contributed by atoms with Gasteiger partial charge in [0.25, 0.3) is 0 Å². The monoisotopic (exact) mass is 322 g/mol. The third-order valence-corrected chi connectivity index (χ3v) is 3.62. The first kappa shape index (κ1) is 18.4. The van der Waals surface area contributed by atoms with Gasteiger partial charge in [-0.2, -0.15) is 0 Å². The van der Waals surface area contributed by atoms with E-state index in [1.807, 2.05) is 31.2 Å². The molecule has 22 heavy (non-hydrogen) atoms. The molecule has 1 aliphatic rings. The van der Waals surface area contributed by atoms with Gasteiger partial charge in [-0.15, -0.1) is 12.4 Å². The molecule has 0 bridgehead atoms. The largest absolute Gasteiger partial charge is 0.352 e. The molecular weight excluding hydrogens is 300 g/mol. The third-order valence-electron chi connectivity index (χ3n) is 3.62. The van der Waals surface area contributed by atoms with Crippen LogP contribution in [-0.4, -0.2) is 31.3 Å². The van der Waals surface area contributed by atoms with Gasteiger partial charge in [0.05, 0.1) is 0 Å². The SMILES string of the molecule is Cc1ccc(C(=O)CCC(=O)NCC2=CCNCC2)cc1.Cl. The molecular formula is C17H23ClN2O2. The van der Waals surface area contributed by atoms with Crippen LogP contribution in [0.15, 0.2) is 35.9 Å². The number of amides is 1. The van der Waals surface area contributed by atoms with Crippen LogP contribution in [0.1, 0.15) is 35.2 Å². The number of nitrogens with one attached hydrogen (secondary N) is 2. The molecule has 0 saturated heterocycles. The summed E-state index contributed by atoms with van der Waals surface area (Å²) < 4.78 is 0. The average molecular weight is 323 g/mol. The first-order chi connectivity index (χ1) is 10.1. The fraction of sp³-hybridized carbons (Fsp3) is 0.412. The zero-order valence-electron chi connectivity index (χ0n) is 12.9. The standard InChI is InChI=1S/C17H22N2O2.ClH/c1-13-2-4-15(5-3-13)16(20)6-7-17(21)19-12-14-8-10-18-11-9-14;/h2-5,8,18H,6-7,9-12H2,1H3,(H,19,21);1H.